The molecular weight excluding hydrogens is 282 g/mol. The van der Waals surface area contributed by atoms with Gasteiger partial charge in [0.2, 0.25) is 0 Å². The summed E-state index contributed by atoms with van der Waals surface area (Å²) in [5.41, 5.74) is 2.32. The van der Waals surface area contributed by atoms with Crippen LogP contribution in [0.15, 0.2) is 83.7 Å². The van der Waals surface area contributed by atoms with Crippen molar-refractivity contribution in [2.45, 2.75) is 25.6 Å². The highest BCUT2D eigenvalue weighted by Crippen LogP contribution is 2.35. The molecule has 0 saturated heterocycles. The maximum atomic E-state index is 4.96. The molecule has 2 unspecified atom stereocenters. The molecular formula is C20H23N3. The first-order valence-corrected chi connectivity index (χ1v) is 8.15. The minimum absolute atomic E-state index is 0.00248. The molecule has 1 aromatic carbocycles. The first-order chi connectivity index (χ1) is 11.3. The average molecular weight is 305 g/mol. The lowest BCUT2D eigenvalue weighted by Crippen LogP contribution is -2.39. The molecule has 3 nitrogen and oxygen atoms in total. The second-order valence-electron chi connectivity index (χ2n) is 5.57. The van der Waals surface area contributed by atoms with Gasteiger partial charge in [-0.25, -0.2) is 0 Å². The van der Waals surface area contributed by atoms with E-state index in [1.807, 2.05) is 13.1 Å². The Bertz CT molecular complexity index is 680. The van der Waals surface area contributed by atoms with E-state index >= 15 is 0 Å². The highest BCUT2D eigenvalue weighted by Gasteiger charge is 2.36. The summed E-state index contributed by atoms with van der Waals surface area (Å²) in [6, 6.07) is 10.6. The van der Waals surface area contributed by atoms with Crippen LogP contribution in [0.3, 0.4) is 0 Å². The summed E-state index contributed by atoms with van der Waals surface area (Å²) in [5, 5.41) is 3.34. The molecule has 1 aromatic rings. The van der Waals surface area contributed by atoms with Crippen LogP contribution in [0.1, 0.15) is 25.1 Å². The lowest BCUT2D eigenvalue weighted by atomic mass is 10.1. The van der Waals surface area contributed by atoms with Crippen molar-refractivity contribution in [3.05, 3.63) is 84.2 Å². The number of aliphatic imine (C=N–C) groups is 1. The SMILES string of the molecule is CC/C=C\C=C(/NC)N1C2C=CC=CC2=NC1c1ccccc1. The topological polar surface area (TPSA) is 27.6 Å². The third-order valence-electron chi connectivity index (χ3n) is 4.07. The van der Waals surface area contributed by atoms with Gasteiger partial charge in [-0.2, -0.15) is 0 Å². The summed E-state index contributed by atoms with van der Waals surface area (Å²) in [6.45, 7) is 2.14. The minimum Gasteiger partial charge on any atom is -0.375 e. The Morgan fingerprint density at radius 3 is 2.83 bits per heavy atom. The number of benzene rings is 1. The number of rotatable bonds is 5. The highest BCUT2D eigenvalue weighted by molar-refractivity contribution is 6.03. The van der Waals surface area contributed by atoms with Crippen LogP contribution in [0.5, 0.6) is 0 Å². The Balaban J connectivity index is 2.00. The predicted molar refractivity (Wildman–Crippen MR) is 97.1 cm³/mol. The molecule has 0 fully saturated rings. The van der Waals surface area contributed by atoms with Crippen LogP contribution in [-0.4, -0.2) is 23.7 Å². The molecule has 0 aromatic heterocycles. The molecule has 0 amide bonds. The molecule has 0 spiro atoms. The van der Waals surface area contributed by atoms with Gasteiger partial charge >= 0.3 is 0 Å². The van der Waals surface area contributed by atoms with Crippen LogP contribution in [-0.2, 0) is 0 Å². The lowest BCUT2D eigenvalue weighted by Gasteiger charge is -2.32. The van der Waals surface area contributed by atoms with Crippen molar-refractivity contribution in [2.75, 3.05) is 7.05 Å². The van der Waals surface area contributed by atoms with Crippen molar-refractivity contribution in [2.24, 2.45) is 4.99 Å². The van der Waals surface area contributed by atoms with E-state index in [-0.39, 0.29) is 12.2 Å². The fourth-order valence-electron chi connectivity index (χ4n) is 2.97. The largest absolute Gasteiger partial charge is 0.375 e. The molecule has 2 atom stereocenters. The predicted octanol–water partition coefficient (Wildman–Crippen LogP) is 3.96. The minimum atomic E-state index is -0.00248. The van der Waals surface area contributed by atoms with Gasteiger partial charge in [-0.3, -0.25) is 4.99 Å². The number of nitrogens with one attached hydrogen (secondary N) is 1. The van der Waals surface area contributed by atoms with E-state index in [2.05, 4.69) is 83.9 Å². The first-order valence-electron chi connectivity index (χ1n) is 8.15. The maximum absolute atomic E-state index is 4.96. The Hall–Kier alpha value is -2.55. The van der Waals surface area contributed by atoms with Crippen molar-refractivity contribution in [3.63, 3.8) is 0 Å². The second kappa shape index (κ2) is 7.14. The quantitative estimate of drug-likeness (QED) is 0.834. The molecule has 1 aliphatic carbocycles. The van der Waals surface area contributed by atoms with Gasteiger partial charge in [-0.15, -0.1) is 0 Å². The fraction of sp³-hybridized carbons (Fsp3) is 0.250. The van der Waals surface area contributed by atoms with Gasteiger partial charge in [0.15, 0.2) is 0 Å². The van der Waals surface area contributed by atoms with Gasteiger partial charge in [0.1, 0.15) is 12.0 Å². The Morgan fingerprint density at radius 1 is 1.26 bits per heavy atom. The molecule has 118 valence electrons. The molecule has 2 aliphatic rings. The van der Waals surface area contributed by atoms with Gasteiger partial charge in [0.25, 0.3) is 0 Å². The van der Waals surface area contributed by atoms with Crippen LogP contribution in [0.25, 0.3) is 0 Å². The molecule has 3 rings (SSSR count). The molecule has 1 heterocycles. The summed E-state index contributed by atoms with van der Waals surface area (Å²) in [5.74, 6) is 1.08. The van der Waals surface area contributed by atoms with Crippen molar-refractivity contribution < 1.29 is 0 Å². The van der Waals surface area contributed by atoms with Crippen LogP contribution < -0.4 is 5.32 Å². The number of hydrogen-bond donors (Lipinski definition) is 1. The van der Waals surface area contributed by atoms with Crippen LogP contribution in [0.4, 0.5) is 0 Å². The van der Waals surface area contributed by atoms with Gasteiger partial charge in [0, 0.05) is 7.05 Å². The zero-order valence-corrected chi connectivity index (χ0v) is 13.7. The molecule has 0 saturated carbocycles. The third kappa shape index (κ3) is 3.14. The average Bonchev–Trinajstić information content (AvgIpc) is 2.99. The number of hydrogen-bond acceptors (Lipinski definition) is 3. The molecule has 1 N–H and O–H groups in total. The zero-order chi connectivity index (χ0) is 16.1. The molecule has 0 bridgehead atoms. The summed E-state index contributed by atoms with van der Waals surface area (Å²) in [6.07, 6.45) is 15.9. The summed E-state index contributed by atoms with van der Waals surface area (Å²) in [4.78, 5) is 7.30. The van der Waals surface area contributed by atoms with Gasteiger partial charge in [-0.1, -0.05) is 67.6 Å². The Labute approximate surface area is 138 Å². The van der Waals surface area contributed by atoms with E-state index in [1.54, 1.807) is 0 Å². The maximum Gasteiger partial charge on any atom is 0.149 e. The van der Waals surface area contributed by atoms with Crippen molar-refractivity contribution in [1.29, 1.82) is 0 Å². The van der Waals surface area contributed by atoms with Crippen molar-refractivity contribution in [1.82, 2.24) is 10.2 Å². The zero-order valence-electron chi connectivity index (χ0n) is 13.7. The van der Waals surface area contributed by atoms with Crippen molar-refractivity contribution in [3.8, 4) is 0 Å². The standard InChI is InChI=1S/C20H23N3/c1-3-4-6-15-19(21-2)23-18-14-10-9-13-17(18)22-20(23)16-11-7-5-8-12-16/h4-15,18,20-21H,3H2,1-2H3/b6-4-,19-15+. The number of nitrogens with zero attached hydrogens (tertiary/aromatic N) is 2. The Morgan fingerprint density at radius 2 is 2.09 bits per heavy atom. The van der Waals surface area contributed by atoms with Crippen LogP contribution in [0, 0.1) is 0 Å². The fourth-order valence-corrected chi connectivity index (χ4v) is 2.97. The van der Waals surface area contributed by atoms with E-state index in [0.29, 0.717) is 0 Å². The monoisotopic (exact) mass is 305 g/mol. The van der Waals surface area contributed by atoms with Gasteiger partial charge in [-0.05, 0) is 24.1 Å². The van der Waals surface area contributed by atoms with Crippen LogP contribution >= 0.6 is 0 Å². The summed E-state index contributed by atoms with van der Waals surface area (Å²) >= 11 is 0. The number of allylic oxidation sites excluding steroid dienone is 5. The van der Waals surface area contributed by atoms with E-state index in [0.717, 1.165) is 18.0 Å². The molecule has 3 heteroatoms. The van der Waals surface area contributed by atoms with E-state index < -0.39 is 0 Å². The molecule has 0 radical (unpaired) electrons. The summed E-state index contributed by atoms with van der Waals surface area (Å²) < 4.78 is 0. The second-order valence-corrected chi connectivity index (χ2v) is 5.57. The van der Waals surface area contributed by atoms with E-state index in [9.17, 15) is 0 Å². The van der Waals surface area contributed by atoms with Crippen molar-refractivity contribution >= 4 is 5.71 Å². The Kier molecular flexibility index (Phi) is 4.77. The van der Waals surface area contributed by atoms with Crippen LogP contribution in [0.2, 0.25) is 0 Å². The van der Waals surface area contributed by atoms with Gasteiger partial charge in [0.05, 0.1) is 11.8 Å². The summed E-state index contributed by atoms with van der Waals surface area (Å²) in [7, 11) is 1.97. The van der Waals surface area contributed by atoms with E-state index in [1.165, 1.54) is 5.56 Å². The first kappa shape index (κ1) is 15.3. The third-order valence-corrected chi connectivity index (χ3v) is 4.07. The molecule has 23 heavy (non-hydrogen) atoms. The number of fused-ring (bicyclic) bond motifs is 1. The normalized spacial score (nSPS) is 23.3. The highest BCUT2D eigenvalue weighted by atomic mass is 15.4. The molecule has 1 aliphatic heterocycles. The smallest absolute Gasteiger partial charge is 0.149 e. The van der Waals surface area contributed by atoms with E-state index in [4.69, 9.17) is 4.99 Å². The van der Waals surface area contributed by atoms with Gasteiger partial charge < -0.3 is 10.2 Å². The lowest BCUT2D eigenvalue weighted by molar-refractivity contribution is 0.269.